The first-order valence-corrected chi connectivity index (χ1v) is 5.48. The maximum Gasteiger partial charge on any atom is 0.311 e. The van der Waals surface area contributed by atoms with Gasteiger partial charge in [0.2, 0.25) is 0 Å². The minimum absolute atomic E-state index is 0.00832. The third-order valence-electron chi connectivity index (χ3n) is 2.16. The van der Waals surface area contributed by atoms with Gasteiger partial charge in [-0.25, -0.2) is 0 Å². The molecule has 1 aromatic rings. The average molecular weight is 239 g/mol. The molecule has 0 saturated carbocycles. The molecular formula is C11H17N3O3. The second kappa shape index (κ2) is 6.70. The van der Waals surface area contributed by atoms with Crippen molar-refractivity contribution in [3.63, 3.8) is 0 Å². The van der Waals surface area contributed by atoms with Gasteiger partial charge in [0, 0.05) is 30.9 Å². The second-order valence-electron chi connectivity index (χ2n) is 3.40. The van der Waals surface area contributed by atoms with Crippen LogP contribution in [0, 0.1) is 10.1 Å². The highest BCUT2D eigenvalue weighted by Crippen LogP contribution is 2.29. The van der Waals surface area contributed by atoms with Crippen LogP contribution >= 0.6 is 0 Å². The minimum Gasteiger partial charge on any atom is -0.487 e. The molecule has 0 aromatic heterocycles. The summed E-state index contributed by atoms with van der Waals surface area (Å²) < 4.78 is 5.25. The first kappa shape index (κ1) is 13.2. The third kappa shape index (κ3) is 3.92. The number of nitro benzene ring substituents is 1. The van der Waals surface area contributed by atoms with E-state index >= 15 is 0 Å². The van der Waals surface area contributed by atoms with Crippen molar-refractivity contribution >= 4 is 11.4 Å². The number of hydrogen-bond acceptors (Lipinski definition) is 5. The van der Waals surface area contributed by atoms with Gasteiger partial charge < -0.3 is 15.4 Å². The number of anilines is 1. The fourth-order valence-corrected chi connectivity index (χ4v) is 1.38. The zero-order chi connectivity index (χ0) is 12.7. The summed E-state index contributed by atoms with van der Waals surface area (Å²) in [6.45, 7) is 3.77. The maximum atomic E-state index is 10.8. The number of rotatable bonds is 7. The lowest BCUT2D eigenvalue weighted by Crippen LogP contribution is -2.17. The SMILES string of the molecule is CCOc1cc(NCCNC)ccc1[N+](=O)[O-]. The van der Waals surface area contributed by atoms with Crippen molar-refractivity contribution in [1.82, 2.24) is 5.32 Å². The summed E-state index contributed by atoms with van der Waals surface area (Å²) >= 11 is 0. The molecule has 0 spiro atoms. The Balaban J connectivity index is 2.81. The number of nitro groups is 1. The Morgan fingerprint density at radius 3 is 2.76 bits per heavy atom. The van der Waals surface area contributed by atoms with Crippen LogP contribution in [-0.2, 0) is 0 Å². The standard InChI is InChI=1S/C11H17N3O3/c1-3-17-11-8-9(13-7-6-12-2)4-5-10(11)14(15)16/h4-5,8,12-13H,3,6-7H2,1-2H3. The molecule has 0 aliphatic heterocycles. The quantitative estimate of drug-likeness (QED) is 0.429. The summed E-state index contributed by atoms with van der Waals surface area (Å²) in [5, 5.41) is 16.9. The summed E-state index contributed by atoms with van der Waals surface area (Å²) in [6.07, 6.45) is 0. The largest absolute Gasteiger partial charge is 0.487 e. The van der Waals surface area contributed by atoms with Gasteiger partial charge in [-0.15, -0.1) is 0 Å². The molecule has 6 nitrogen and oxygen atoms in total. The van der Waals surface area contributed by atoms with Gasteiger partial charge >= 0.3 is 5.69 Å². The molecule has 0 radical (unpaired) electrons. The van der Waals surface area contributed by atoms with Crippen LogP contribution in [0.3, 0.4) is 0 Å². The average Bonchev–Trinajstić information content (AvgIpc) is 2.30. The first-order chi connectivity index (χ1) is 8.19. The van der Waals surface area contributed by atoms with E-state index in [2.05, 4.69) is 10.6 Å². The number of benzene rings is 1. The van der Waals surface area contributed by atoms with Gasteiger partial charge in [0.05, 0.1) is 11.5 Å². The Morgan fingerprint density at radius 1 is 1.41 bits per heavy atom. The molecule has 0 bridgehead atoms. The number of ether oxygens (including phenoxy) is 1. The minimum atomic E-state index is -0.442. The predicted octanol–water partition coefficient (Wildman–Crippen LogP) is 1.62. The van der Waals surface area contributed by atoms with Gasteiger partial charge in [0.15, 0.2) is 5.75 Å². The van der Waals surface area contributed by atoms with E-state index in [0.29, 0.717) is 12.4 Å². The number of hydrogen-bond donors (Lipinski definition) is 2. The van der Waals surface area contributed by atoms with Crippen molar-refractivity contribution in [3.8, 4) is 5.75 Å². The van der Waals surface area contributed by atoms with Crippen LogP contribution in [0.5, 0.6) is 5.75 Å². The maximum absolute atomic E-state index is 10.8. The summed E-state index contributed by atoms with van der Waals surface area (Å²) in [7, 11) is 1.86. The molecule has 0 aliphatic rings. The molecule has 1 rings (SSSR count). The highest BCUT2D eigenvalue weighted by molar-refractivity contribution is 5.57. The van der Waals surface area contributed by atoms with Crippen LogP contribution in [0.4, 0.5) is 11.4 Å². The van der Waals surface area contributed by atoms with Crippen molar-refractivity contribution in [1.29, 1.82) is 0 Å². The van der Waals surface area contributed by atoms with Crippen molar-refractivity contribution in [2.75, 3.05) is 32.1 Å². The van der Waals surface area contributed by atoms with Crippen molar-refractivity contribution in [2.24, 2.45) is 0 Å². The lowest BCUT2D eigenvalue weighted by molar-refractivity contribution is -0.385. The Bertz CT molecular complexity index is 382. The molecule has 0 saturated heterocycles. The molecule has 0 unspecified atom stereocenters. The van der Waals surface area contributed by atoms with Crippen LogP contribution in [0.2, 0.25) is 0 Å². The van der Waals surface area contributed by atoms with Gasteiger partial charge in [-0.3, -0.25) is 10.1 Å². The summed E-state index contributed by atoms with van der Waals surface area (Å²) in [4.78, 5) is 10.3. The fraction of sp³-hybridized carbons (Fsp3) is 0.455. The molecule has 0 heterocycles. The summed E-state index contributed by atoms with van der Waals surface area (Å²) in [5.41, 5.74) is 0.806. The van der Waals surface area contributed by atoms with E-state index in [1.807, 2.05) is 7.05 Å². The van der Waals surface area contributed by atoms with Crippen molar-refractivity contribution in [3.05, 3.63) is 28.3 Å². The van der Waals surface area contributed by atoms with E-state index in [1.165, 1.54) is 6.07 Å². The lowest BCUT2D eigenvalue weighted by Gasteiger charge is -2.09. The van der Waals surface area contributed by atoms with Gasteiger partial charge in [0.1, 0.15) is 0 Å². The van der Waals surface area contributed by atoms with Crippen LogP contribution < -0.4 is 15.4 Å². The highest BCUT2D eigenvalue weighted by Gasteiger charge is 2.14. The Morgan fingerprint density at radius 2 is 2.18 bits per heavy atom. The van der Waals surface area contributed by atoms with E-state index < -0.39 is 4.92 Å². The predicted molar refractivity (Wildman–Crippen MR) is 66.7 cm³/mol. The molecular weight excluding hydrogens is 222 g/mol. The van der Waals surface area contributed by atoms with Crippen molar-refractivity contribution in [2.45, 2.75) is 6.92 Å². The number of likely N-dealkylation sites (N-methyl/N-ethyl adjacent to an activating group) is 1. The Labute approximate surface area is 100 Å². The van der Waals surface area contributed by atoms with Gasteiger partial charge in [-0.05, 0) is 20.0 Å². The molecule has 17 heavy (non-hydrogen) atoms. The van der Waals surface area contributed by atoms with E-state index in [-0.39, 0.29) is 5.69 Å². The molecule has 1 aromatic carbocycles. The molecule has 6 heteroatoms. The third-order valence-corrected chi connectivity index (χ3v) is 2.16. The van der Waals surface area contributed by atoms with Gasteiger partial charge in [-0.2, -0.15) is 0 Å². The van der Waals surface area contributed by atoms with E-state index in [0.717, 1.165) is 18.8 Å². The van der Waals surface area contributed by atoms with E-state index in [4.69, 9.17) is 4.74 Å². The molecule has 0 aliphatic carbocycles. The highest BCUT2D eigenvalue weighted by atomic mass is 16.6. The van der Waals surface area contributed by atoms with Crippen LogP contribution in [0.25, 0.3) is 0 Å². The van der Waals surface area contributed by atoms with Crippen LogP contribution in [0.1, 0.15) is 6.92 Å². The topological polar surface area (TPSA) is 76.4 Å². The fourth-order valence-electron chi connectivity index (χ4n) is 1.38. The molecule has 0 atom stereocenters. The van der Waals surface area contributed by atoms with Crippen LogP contribution in [0.15, 0.2) is 18.2 Å². The smallest absolute Gasteiger partial charge is 0.311 e. The Hall–Kier alpha value is -1.82. The number of nitrogens with zero attached hydrogens (tertiary/aromatic N) is 1. The summed E-state index contributed by atoms with van der Waals surface area (Å²) in [5.74, 6) is 0.298. The lowest BCUT2D eigenvalue weighted by atomic mass is 10.2. The molecule has 0 amide bonds. The zero-order valence-corrected chi connectivity index (χ0v) is 10.0. The van der Waals surface area contributed by atoms with Crippen LogP contribution in [-0.4, -0.2) is 31.7 Å². The zero-order valence-electron chi connectivity index (χ0n) is 10.0. The molecule has 0 fully saturated rings. The van der Waals surface area contributed by atoms with E-state index in [9.17, 15) is 10.1 Å². The van der Waals surface area contributed by atoms with Gasteiger partial charge in [-0.1, -0.05) is 0 Å². The first-order valence-electron chi connectivity index (χ1n) is 5.48. The summed E-state index contributed by atoms with van der Waals surface area (Å²) in [6, 6.07) is 4.78. The Kier molecular flexibility index (Phi) is 5.22. The molecule has 94 valence electrons. The van der Waals surface area contributed by atoms with E-state index in [1.54, 1.807) is 19.1 Å². The molecule has 2 N–H and O–H groups in total. The van der Waals surface area contributed by atoms with Gasteiger partial charge in [0.25, 0.3) is 0 Å². The van der Waals surface area contributed by atoms with Crippen molar-refractivity contribution < 1.29 is 9.66 Å². The second-order valence-corrected chi connectivity index (χ2v) is 3.40. The normalized spacial score (nSPS) is 10.0. The monoisotopic (exact) mass is 239 g/mol. The number of nitrogens with one attached hydrogen (secondary N) is 2.